The number of hydrogen-bond acceptors (Lipinski definition) is 1. The second kappa shape index (κ2) is 8.73. The fraction of sp³-hybridized carbons (Fsp3) is 0.562. The van der Waals surface area contributed by atoms with Gasteiger partial charge in [-0.3, -0.25) is 4.79 Å². The van der Waals surface area contributed by atoms with Crippen molar-refractivity contribution in [3.05, 3.63) is 35.9 Å². The Hall–Kier alpha value is -1.31. The Morgan fingerprint density at radius 2 is 1.78 bits per heavy atom. The van der Waals surface area contributed by atoms with Crippen LogP contribution in [-0.4, -0.2) is 5.91 Å². The Bertz CT molecular complexity index is 334. The SMILES string of the molecule is CCCCCCCC(=O)NC(C)c1ccccc1. The summed E-state index contributed by atoms with van der Waals surface area (Å²) in [5.41, 5.74) is 1.16. The van der Waals surface area contributed by atoms with Crippen LogP contribution < -0.4 is 5.32 Å². The van der Waals surface area contributed by atoms with E-state index in [9.17, 15) is 4.79 Å². The molecule has 0 saturated heterocycles. The van der Waals surface area contributed by atoms with Crippen molar-refractivity contribution in [2.45, 2.75) is 58.4 Å². The highest BCUT2D eigenvalue weighted by Gasteiger charge is 2.08. The molecule has 18 heavy (non-hydrogen) atoms. The summed E-state index contributed by atoms with van der Waals surface area (Å²) in [5.74, 6) is 0.169. The summed E-state index contributed by atoms with van der Waals surface area (Å²) in [5, 5.41) is 3.05. The number of rotatable bonds is 8. The van der Waals surface area contributed by atoms with Gasteiger partial charge in [0.15, 0.2) is 0 Å². The molecule has 0 bridgehead atoms. The number of unbranched alkanes of at least 4 members (excludes halogenated alkanes) is 4. The minimum Gasteiger partial charge on any atom is -0.350 e. The van der Waals surface area contributed by atoms with Gasteiger partial charge >= 0.3 is 0 Å². The molecule has 1 amide bonds. The number of carbonyl (C=O) groups is 1. The van der Waals surface area contributed by atoms with Gasteiger partial charge in [0.25, 0.3) is 0 Å². The van der Waals surface area contributed by atoms with Gasteiger partial charge in [0.2, 0.25) is 5.91 Å². The first-order valence-corrected chi connectivity index (χ1v) is 7.08. The van der Waals surface area contributed by atoms with Crippen LogP contribution in [0, 0.1) is 0 Å². The van der Waals surface area contributed by atoms with Gasteiger partial charge in [-0.05, 0) is 18.9 Å². The van der Waals surface area contributed by atoms with E-state index >= 15 is 0 Å². The third-order valence-electron chi connectivity index (χ3n) is 3.18. The molecular weight excluding hydrogens is 222 g/mol. The Labute approximate surface area is 111 Å². The number of amides is 1. The van der Waals surface area contributed by atoms with E-state index in [2.05, 4.69) is 12.2 Å². The molecule has 1 atom stereocenters. The van der Waals surface area contributed by atoms with Crippen molar-refractivity contribution in [1.82, 2.24) is 5.32 Å². The van der Waals surface area contributed by atoms with Crippen molar-refractivity contribution >= 4 is 5.91 Å². The number of carbonyl (C=O) groups excluding carboxylic acids is 1. The van der Waals surface area contributed by atoms with E-state index in [0.717, 1.165) is 12.0 Å². The molecule has 0 aliphatic rings. The molecule has 1 aromatic carbocycles. The van der Waals surface area contributed by atoms with Crippen molar-refractivity contribution in [2.24, 2.45) is 0 Å². The normalized spacial score (nSPS) is 12.1. The number of hydrogen-bond donors (Lipinski definition) is 1. The van der Waals surface area contributed by atoms with E-state index in [1.165, 1.54) is 25.7 Å². The summed E-state index contributed by atoms with van der Waals surface area (Å²) >= 11 is 0. The molecule has 100 valence electrons. The van der Waals surface area contributed by atoms with Gasteiger partial charge < -0.3 is 5.32 Å². The summed E-state index contributed by atoms with van der Waals surface area (Å²) in [6.45, 7) is 4.23. The second-order valence-electron chi connectivity index (χ2n) is 4.86. The van der Waals surface area contributed by atoms with E-state index < -0.39 is 0 Å². The van der Waals surface area contributed by atoms with Crippen molar-refractivity contribution in [2.75, 3.05) is 0 Å². The average Bonchev–Trinajstić information content (AvgIpc) is 2.39. The van der Waals surface area contributed by atoms with E-state index in [-0.39, 0.29) is 11.9 Å². The van der Waals surface area contributed by atoms with Crippen LogP contribution in [0.2, 0.25) is 0 Å². The molecule has 0 radical (unpaired) electrons. The van der Waals surface area contributed by atoms with Crippen LogP contribution in [0.1, 0.15) is 64.0 Å². The molecule has 1 aromatic rings. The molecule has 2 nitrogen and oxygen atoms in total. The molecule has 2 heteroatoms. The minimum atomic E-state index is 0.106. The molecular formula is C16H25NO. The fourth-order valence-electron chi connectivity index (χ4n) is 2.03. The smallest absolute Gasteiger partial charge is 0.220 e. The topological polar surface area (TPSA) is 29.1 Å². The van der Waals surface area contributed by atoms with Crippen LogP contribution in [0.3, 0.4) is 0 Å². The lowest BCUT2D eigenvalue weighted by molar-refractivity contribution is -0.121. The first-order valence-electron chi connectivity index (χ1n) is 7.08. The lowest BCUT2D eigenvalue weighted by Gasteiger charge is -2.14. The molecule has 0 heterocycles. The number of nitrogens with one attached hydrogen (secondary N) is 1. The van der Waals surface area contributed by atoms with E-state index in [1.807, 2.05) is 37.3 Å². The van der Waals surface area contributed by atoms with Crippen LogP contribution in [0.4, 0.5) is 0 Å². The molecule has 0 aliphatic carbocycles. The molecule has 1 unspecified atom stereocenters. The Morgan fingerprint density at radius 1 is 1.11 bits per heavy atom. The highest BCUT2D eigenvalue weighted by atomic mass is 16.1. The molecule has 1 N–H and O–H groups in total. The van der Waals surface area contributed by atoms with Gasteiger partial charge in [0.05, 0.1) is 6.04 Å². The molecule has 0 spiro atoms. The van der Waals surface area contributed by atoms with Crippen LogP contribution in [0.5, 0.6) is 0 Å². The van der Waals surface area contributed by atoms with Gasteiger partial charge in [-0.25, -0.2) is 0 Å². The maximum absolute atomic E-state index is 11.7. The number of benzene rings is 1. The lowest BCUT2D eigenvalue weighted by Crippen LogP contribution is -2.26. The average molecular weight is 247 g/mol. The fourth-order valence-corrected chi connectivity index (χ4v) is 2.03. The zero-order valence-electron chi connectivity index (χ0n) is 11.6. The summed E-state index contributed by atoms with van der Waals surface area (Å²) < 4.78 is 0. The standard InChI is InChI=1S/C16H25NO/c1-3-4-5-6-10-13-16(18)17-14(2)15-11-8-7-9-12-15/h7-9,11-12,14H,3-6,10,13H2,1-2H3,(H,17,18). The van der Waals surface area contributed by atoms with Crippen molar-refractivity contribution in [1.29, 1.82) is 0 Å². The van der Waals surface area contributed by atoms with Crippen LogP contribution in [0.15, 0.2) is 30.3 Å². The maximum atomic E-state index is 11.7. The van der Waals surface area contributed by atoms with Crippen LogP contribution in [-0.2, 0) is 4.79 Å². The Kier molecular flexibility index (Phi) is 7.16. The largest absolute Gasteiger partial charge is 0.350 e. The zero-order chi connectivity index (χ0) is 13.2. The monoisotopic (exact) mass is 247 g/mol. The zero-order valence-corrected chi connectivity index (χ0v) is 11.6. The van der Waals surface area contributed by atoms with Gasteiger partial charge in [-0.2, -0.15) is 0 Å². The van der Waals surface area contributed by atoms with Gasteiger partial charge in [0.1, 0.15) is 0 Å². The van der Waals surface area contributed by atoms with Crippen molar-refractivity contribution < 1.29 is 4.79 Å². The van der Waals surface area contributed by atoms with E-state index in [1.54, 1.807) is 0 Å². The Balaban J connectivity index is 2.20. The maximum Gasteiger partial charge on any atom is 0.220 e. The summed E-state index contributed by atoms with van der Waals surface area (Å²) in [6, 6.07) is 10.2. The first kappa shape index (κ1) is 14.7. The Morgan fingerprint density at radius 3 is 2.44 bits per heavy atom. The third-order valence-corrected chi connectivity index (χ3v) is 3.18. The van der Waals surface area contributed by atoms with E-state index in [0.29, 0.717) is 6.42 Å². The van der Waals surface area contributed by atoms with Crippen LogP contribution >= 0.6 is 0 Å². The molecule has 1 rings (SSSR count). The highest BCUT2D eigenvalue weighted by molar-refractivity contribution is 5.76. The van der Waals surface area contributed by atoms with Gasteiger partial charge in [-0.15, -0.1) is 0 Å². The molecule has 0 fully saturated rings. The van der Waals surface area contributed by atoms with Crippen LogP contribution in [0.25, 0.3) is 0 Å². The van der Waals surface area contributed by atoms with Crippen molar-refractivity contribution in [3.63, 3.8) is 0 Å². The minimum absolute atomic E-state index is 0.106. The molecule has 0 saturated carbocycles. The van der Waals surface area contributed by atoms with E-state index in [4.69, 9.17) is 0 Å². The van der Waals surface area contributed by atoms with Gasteiger partial charge in [-0.1, -0.05) is 62.9 Å². The first-order chi connectivity index (χ1) is 8.74. The molecule has 0 aromatic heterocycles. The summed E-state index contributed by atoms with van der Waals surface area (Å²) in [6.07, 6.45) is 6.60. The highest BCUT2D eigenvalue weighted by Crippen LogP contribution is 2.12. The quantitative estimate of drug-likeness (QED) is 0.684. The lowest BCUT2D eigenvalue weighted by atomic mass is 10.1. The summed E-state index contributed by atoms with van der Waals surface area (Å²) in [7, 11) is 0. The predicted molar refractivity (Wildman–Crippen MR) is 76.4 cm³/mol. The summed E-state index contributed by atoms with van der Waals surface area (Å²) in [4.78, 5) is 11.7. The van der Waals surface area contributed by atoms with Crippen molar-refractivity contribution in [3.8, 4) is 0 Å². The van der Waals surface area contributed by atoms with Gasteiger partial charge in [0, 0.05) is 6.42 Å². The predicted octanol–water partition coefficient (Wildman–Crippen LogP) is 4.22. The second-order valence-corrected chi connectivity index (χ2v) is 4.86. The third kappa shape index (κ3) is 5.85. The molecule has 0 aliphatic heterocycles.